The third-order valence-corrected chi connectivity index (χ3v) is 6.32. The lowest BCUT2D eigenvalue weighted by molar-refractivity contribution is -0.141. The molecule has 0 aromatic heterocycles. The molecule has 2 aliphatic rings. The van der Waals surface area contributed by atoms with Gasteiger partial charge in [0.05, 0.1) is 5.41 Å². The largest absolute Gasteiger partial charge is 0.291 e. The molecule has 2 rings (SSSR count). The Morgan fingerprint density at radius 2 is 2.00 bits per heavy atom. The molecule has 2 saturated carbocycles. The van der Waals surface area contributed by atoms with Crippen LogP contribution in [0.1, 0.15) is 19.8 Å². The first-order valence-corrected chi connectivity index (χ1v) is 6.98. The van der Waals surface area contributed by atoms with Gasteiger partial charge in [-0.3, -0.25) is 9.59 Å². The number of hydrogen-bond donors (Lipinski definition) is 0. The topological polar surface area (TPSA) is 34.1 Å². The van der Waals surface area contributed by atoms with Gasteiger partial charge in [-0.15, -0.1) is 0 Å². The number of ketones is 2. The molecule has 14 heavy (non-hydrogen) atoms. The Labute approximate surface area is 100 Å². The van der Waals surface area contributed by atoms with Gasteiger partial charge in [0.1, 0.15) is 0 Å². The van der Waals surface area contributed by atoms with Gasteiger partial charge in [-0.25, -0.2) is 0 Å². The highest BCUT2D eigenvalue weighted by molar-refractivity contribution is 9.09. The average Bonchev–Trinajstić information content (AvgIpc) is 2.57. The molecule has 2 bridgehead atoms. The lowest BCUT2D eigenvalue weighted by atomic mass is 9.70. The predicted octanol–water partition coefficient (Wildman–Crippen LogP) is 2.33. The molecule has 3 atom stereocenters. The van der Waals surface area contributed by atoms with Crippen molar-refractivity contribution in [2.75, 3.05) is 10.7 Å². The maximum Gasteiger partial charge on any atom is 0.206 e. The summed E-state index contributed by atoms with van der Waals surface area (Å²) in [7, 11) is 0. The minimum Gasteiger partial charge on any atom is -0.291 e. The molecule has 4 heteroatoms. The molecule has 0 radical (unpaired) electrons. The first kappa shape index (κ1) is 10.8. The SMILES string of the molecule is C[C@@]1(CBr)[C@@H]2CC[C@@]1(CBr)C(=O)C2=O. The van der Waals surface area contributed by atoms with Gasteiger partial charge in [-0.2, -0.15) is 0 Å². The smallest absolute Gasteiger partial charge is 0.206 e. The van der Waals surface area contributed by atoms with Crippen molar-refractivity contribution in [3.8, 4) is 0 Å². The molecular formula is C10H12Br2O2. The Kier molecular flexibility index (Phi) is 2.43. The fourth-order valence-electron chi connectivity index (χ4n) is 3.02. The maximum atomic E-state index is 11.9. The molecule has 2 nitrogen and oxygen atoms in total. The van der Waals surface area contributed by atoms with E-state index in [-0.39, 0.29) is 22.9 Å². The first-order chi connectivity index (χ1) is 6.53. The summed E-state index contributed by atoms with van der Waals surface area (Å²) in [5.41, 5.74) is -0.608. The van der Waals surface area contributed by atoms with Crippen LogP contribution in [0, 0.1) is 16.7 Å². The molecule has 2 fully saturated rings. The van der Waals surface area contributed by atoms with Gasteiger partial charge in [0.2, 0.25) is 11.6 Å². The van der Waals surface area contributed by atoms with Crippen molar-refractivity contribution in [1.29, 1.82) is 0 Å². The second-order valence-corrected chi connectivity index (χ2v) is 5.67. The molecule has 0 unspecified atom stereocenters. The van der Waals surface area contributed by atoms with Crippen LogP contribution in [-0.4, -0.2) is 22.2 Å². The van der Waals surface area contributed by atoms with Crippen molar-refractivity contribution in [2.24, 2.45) is 16.7 Å². The molecule has 0 saturated heterocycles. The first-order valence-electron chi connectivity index (χ1n) is 4.74. The number of carbonyl (C=O) groups is 2. The van der Waals surface area contributed by atoms with Crippen LogP contribution in [0.4, 0.5) is 0 Å². The second kappa shape index (κ2) is 3.14. The summed E-state index contributed by atoms with van der Waals surface area (Å²) in [4.78, 5) is 23.6. The van der Waals surface area contributed by atoms with E-state index in [1.807, 2.05) is 0 Å². The van der Waals surface area contributed by atoms with Gasteiger partial charge in [0.15, 0.2) is 0 Å². The molecular weight excluding hydrogens is 312 g/mol. The minimum absolute atomic E-state index is 0.0491. The Balaban J connectivity index is 2.55. The third kappa shape index (κ3) is 0.921. The number of halogens is 2. The van der Waals surface area contributed by atoms with Crippen LogP contribution in [-0.2, 0) is 9.59 Å². The number of carbonyl (C=O) groups excluding carboxylic acids is 2. The van der Waals surface area contributed by atoms with E-state index in [4.69, 9.17) is 0 Å². The van der Waals surface area contributed by atoms with Crippen LogP contribution in [0.15, 0.2) is 0 Å². The number of Topliss-reactive ketones (excluding diaryl/α,β-unsaturated/α-hetero) is 2. The summed E-state index contributed by atoms with van der Waals surface area (Å²) in [5.74, 6) is -0.336. The van der Waals surface area contributed by atoms with Gasteiger partial charge < -0.3 is 0 Å². The number of fused-ring (bicyclic) bond motifs is 2. The van der Waals surface area contributed by atoms with Crippen molar-refractivity contribution in [3.05, 3.63) is 0 Å². The molecule has 0 N–H and O–H groups in total. The normalized spacial score (nSPS) is 46.4. The Morgan fingerprint density at radius 3 is 2.43 bits per heavy atom. The van der Waals surface area contributed by atoms with Gasteiger partial charge in [-0.05, 0) is 12.8 Å². The summed E-state index contributed by atoms with van der Waals surface area (Å²) in [6, 6.07) is 0. The van der Waals surface area contributed by atoms with E-state index in [1.165, 1.54) is 0 Å². The molecule has 0 aliphatic heterocycles. The molecule has 0 amide bonds. The van der Waals surface area contributed by atoms with Crippen LogP contribution in [0.25, 0.3) is 0 Å². The third-order valence-electron chi connectivity index (χ3n) is 4.20. The number of hydrogen-bond acceptors (Lipinski definition) is 2. The standard InChI is InChI=1S/C10H12Br2O2/c1-9(4-11)6-2-3-10(9,5-12)8(14)7(6)13/h6H,2-5H2,1H3/t6-,9-,10-/m1/s1. The second-order valence-electron chi connectivity index (χ2n) is 4.55. The summed E-state index contributed by atoms with van der Waals surface area (Å²) < 4.78 is 0. The number of rotatable bonds is 2. The molecule has 78 valence electrons. The molecule has 0 aromatic carbocycles. The van der Waals surface area contributed by atoms with Crippen LogP contribution < -0.4 is 0 Å². The van der Waals surface area contributed by atoms with E-state index < -0.39 is 5.41 Å². The van der Waals surface area contributed by atoms with Gasteiger partial charge in [0, 0.05) is 22.0 Å². The average molecular weight is 324 g/mol. The Hall–Kier alpha value is 0.300. The van der Waals surface area contributed by atoms with E-state index in [0.717, 1.165) is 18.2 Å². The highest BCUT2D eigenvalue weighted by Gasteiger charge is 2.69. The highest BCUT2D eigenvalue weighted by Crippen LogP contribution is 2.63. The van der Waals surface area contributed by atoms with Crippen molar-refractivity contribution in [1.82, 2.24) is 0 Å². The quantitative estimate of drug-likeness (QED) is 0.577. The van der Waals surface area contributed by atoms with Crippen molar-refractivity contribution >= 4 is 43.4 Å². The lowest BCUT2D eigenvalue weighted by Gasteiger charge is -2.35. The van der Waals surface area contributed by atoms with Crippen molar-refractivity contribution in [2.45, 2.75) is 19.8 Å². The van der Waals surface area contributed by atoms with Crippen molar-refractivity contribution in [3.63, 3.8) is 0 Å². The zero-order chi connectivity index (χ0) is 10.6. The van der Waals surface area contributed by atoms with E-state index in [9.17, 15) is 9.59 Å². The molecule has 2 aliphatic carbocycles. The van der Waals surface area contributed by atoms with E-state index in [1.54, 1.807) is 0 Å². The fourth-order valence-corrected chi connectivity index (χ4v) is 5.12. The van der Waals surface area contributed by atoms with Gasteiger partial charge >= 0.3 is 0 Å². The van der Waals surface area contributed by atoms with E-state index in [2.05, 4.69) is 38.8 Å². The monoisotopic (exact) mass is 322 g/mol. The lowest BCUT2D eigenvalue weighted by Crippen LogP contribution is -2.41. The van der Waals surface area contributed by atoms with Gasteiger partial charge in [0.25, 0.3) is 0 Å². The number of alkyl halides is 2. The maximum absolute atomic E-state index is 11.9. The van der Waals surface area contributed by atoms with Crippen molar-refractivity contribution < 1.29 is 9.59 Å². The predicted molar refractivity (Wildman–Crippen MR) is 60.9 cm³/mol. The summed E-state index contributed by atoms with van der Waals surface area (Å²) in [6.45, 7) is 2.06. The van der Waals surface area contributed by atoms with Crippen LogP contribution in [0.5, 0.6) is 0 Å². The molecule has 0 aromatic rings. The fraction of sp³-hybridized carbons (Fsp3) is 0.800. The summed E-state index contributed by atoms with van der Waals surface area (Å²) >= 11 is 6.87. The van der Waals surface area contributed by atoms with Crippen LogP contribution in [0.3, 0.4) is 0 Å². The zero-order valence-electron chi connectivity index (χ0n) is 7.98. The zero-order valence-corrected chi connectivity index (χ0v) is 11.2. The summed E-state index contributed by atoms with van der Waals surface area (Å²) in [6.07, 6.45) is 1.73. The highest BCUT2D eigenvalue weighted by atomic mass is 79.9. The van der Waals surface area contributed by atoms with E-state index in [0.29, 0.717) is 5.33 Å². The molecule has 0 spiro atoms. The van der Waals surface area contributed by atoms with Gasteiger partial charge in [-0.1, -0.05) is 38.8 Å². The Morgan fingerprint density at radius 1 is 1.36 bits per heavy atom. The minimum atomic E-state index is -0.432. The Bertz CT molecular complexity index is 315. The molecule has 0 heterocycles. The summed E-state index contributed by atoms with van der Waals surface area (Å²) in [5, 5.41) is 1.34. The van der Waals surface area contributed by atoms with Crippen LogP contribution in [0.2, 0.25) is 0 Å². The van der Waals surface area contributed by atoms with Crippen LogP contribution >= 0.6 is 31.9 Å². The van der Waals surface area contributed by atoms with E-state index >= 15 is 0 Å².